The molecule has 1 aromatic rings. The van der Waals surface area contributed by atoms with Crippen LogP contribution in [0.15, 0.2) is 24.9 Å². The van der Waals surface area contributed by atoms with Crippen molar-refractivity contribution in [3.05, 3.63) is 36.4 Å². The maximum atomic E-state index is 4.22. The van der Waals surface area contributed by atoms with Crippen molar-refractivity contribution in [2.24, 2.45) is 0 Å². The second kappa shape index (κ2) is 7.13. The zero-order valence-corrected chi connectivity index (χ0v) is 9.62. The van der Waals surface area contributed by atoms with E-state index in [0.717, 1.165) is 12.2 Å². The Balaban J connectivity index is 0.000000791. The summed E-state index contributed by atoms with van der Waals surface area (Å²) in [6, 6.07) is 0. The summed E-state index contributed by atoms with van der Waals surface area (Å²) < 4.78 is 2.07. The fourth-order valence-corrected chi connectivity index (χ4v) is 1.11. The summed E-state index contributed by atoms with van der Waals surface area (Å²) in [5, 5.41) is 0. The number of aryl methyl sites for hydroxylation is 2. The van der Waals surface area contributed by atoms with Gasteiger partial charge in [0.1, 0.15) is 5.82 Å². The minimum atomic E-state index is 1.00. The highest BCUT2D eigenvalue weighted by Crippen LogP contribution is 2.05. The van der Waals surface area contributed by atoms with Crippen LogP contribution in [0, 0.1) is 6.92 Å². The average Bonchev–Trinajstić information content (AvgIpc) is 2.59. The number of rotatable bonds is 3. The van der Waals surface area contributed by atoms with Crippen molar-refractivity contribution in [1.82, 2.24) is 9.55 Å². The lowest BCUT2D eigenvalue weighted by Gasteiger charge is -2.00. The van der Waals surface area contributed by atoms with Crippen molar-refractivity contribution < 1.29 is 0 Å². The SMILES string of the molecule is C=C/C=C\n1c(CC)cnc1C.CC. The Morgan fingerprint density at radius 2 is 2.14 bits per heavy atom. The molecule has 0 aliphatic heterocycles. The van der Waals surface area contributed by atoms with Gasteiger partial charge in [-0.2, -0.15) is 0 Å². The van der Waals surface area contributed by atoms with Gasteiger partial charge >= 0.3 is 0 Å². The van der Waals surface area contributed by atoms with Gasteiger partial charge in [-0.1, -0.05) is 33.4 Å². The molecule has 0 atom stereocenters. The van der Waals surface area contributed by atoms with E-state index in [1.54, 1.807) is 6.08 Å². The Labute approximate surface area is 87.0 Å². The quantitative estimate of drug-likeness (QED) is 0.671. The Hall–Kier alpha value is -1.31. The molecule has 2 nitrogen and oxygen atoms in total. The van der Waals surface area contributed by atoms with Gasteiger partial charge in [-0.25, -0.2) is 4.98 Å². The van der Waals surface area contributed by atoms with Gasteiger partial charge in [0.15, 0.2) is 0 Å². The van der Waals surface area contributed by atoms with Crippen molar-refractivity contribution in [2.45, 2.75) is 34.1 Å². The standard InChI is InChI=1S/C10H14N2.C2H6/c1-4-6-7-12-9(3)11-8-10(12)5-2;1-2/h4,6-8H,1,5H2,2-3H3;1-2H3/b7-6-;. The van der Waals surface area contributed by atoms with Crippen LogP contribution in [0.4, 0.5) is 0 Å². The lowest BCUT2D eigenvalue weighted by molar-refractivity contribution is 0.938. The van der Waals surface area contributed by atoms with Gasteiger partial charge in [0.05, 0.1) is 0 Å². The fourth-order valence-electron chi connectivity index (χ4n) is 1.11. The van der Waals surface area contributed by atoms with Gasteiger partial charge in [-0.3, -0.25) is 0 Å². The third-order valence-electron chi connectivity index (χ3n) is 1.79. The average molecular weight is 192 g/mol. The molecular weight excluding hydrogens is 172 g/mol. The minimum absolute atomic E-state index is 1.00. The Morgan fingerprint density at radius 1 is 1.50 bits per heavy atom. The maximum absolute atomic E-state index is 4.22. The molecule has 0 fully saturated rings. The summed E-state index contributed by atoms with van der Waals surface area (Å²) in [5.41, 5.74) is 1.23. The first-order chi connectivity index (χ1) is 6.79. The molecule has 0 spiro atoms. The van der Waals surface area contributed by atoms with Crippen molar-refractivity contribution in [3.63, 3.8) is 0 Å². The van der Waals surface area contributed by atoms with Gasteiger partial charge < -0.3 is 4.57 Å². The summed E-state index contributed by atoms with van der Waals surface area (Å²) in [6.07, 6.45) is 8.56. The molecule has 0 saturated heterocycles. The van der Waals surface area contributed by atoms with Crippen LogP contribution >= 0.6 is 0 Å². The number of allylic oxidation sites excluding steroid dienone is 2. The third kappa shape index (κ3) is 3.21. The van der Waals surface area contributed by atoms with Crippen LogP contribution in [0.25, 0.3) is 6.20 Å². The van der Waals surface area contributed by atoms with E-state index in [1.165, 1.54) is 5.69 Å². The van der Waals surface area contributed by atoms with Crippen molar-refractivity contribution in [3.8, 4) is 0 Å². The highest BCUT2D eigenvalue weighted by atomic mass is 15.1. The number of nitrogens with zero attached hydrogens (tertiary/aromatic N) is 2. The maximum Gasteiger partial charge on any atom is 0.109 e. The highest BCUT2D eigenvalue weighted by Gasteiger charge is 1.99. The van der Waals surface area contributed by atoms with E-state index in [1.807, 2.05) is 39.2 Å². The zero-order valence-electron chi connectivity index (χ0n) is 9.62. The second-order valence-electron chi connectivity index (χ2n) is 2.60. The van der Waals surface area contributed by atoms with Crippen LogP contribution in [0.1, 0.15) is 32.3 Å². The first kappa shape index (κ1) is 12.7. The number of imidazole rings is 1. The molecule has 2 heteroatoms. The minimum Gasteiger partial charge on any atom is -0.308 e. The first-order valence-corrected chi connectivity index (χ1v) is 5.11. The first-order valence-electron chi connectivity index (χ1n) is 5.11. The van der Waals surface area contributed by atoms with E-state index >= 15 is 0 Å². The van der Waals surface area contributed by atoms with Crippen LogP contribution in [0.3, 0.4) is 0 Å². The van der Waals surface area contributed by atoms with Crippen molar-refractivity contribution >= 4 is 6.20 Å². The monoisotopic (exact) mass is 192 g/mol. The number of hydrogen-bond acceptors (Lipinski definition) is 1. The molecule has 0 aliphatic rings. The lowest BCUT2D eigenvalue weighted by atomic mass is 10.3. The Bertz CT molecular complexity index is 295. The van der Waals surface area contributed by atoms with Crippen LogP contribution in [-0.4, -0.2) is 9.55 Å². The molecule has 0 N–H and O–H groups in total. The van der Waals surface area contributed by atoms with Crippen molar-refractivity contribution in [1.29, 1.82) is 0 Å². The summed E-state index contributed by atoms with van der Waals surface area (Å²) in [6.45, 7) is 11.7. The summed E-state index contributed by atoms with van der Waals surface area (Å²) in [4.78, 5) is 4.22. The number of hydrogen-bond donors (Lipinski definition) is 0. The summed E-state index contributed by atoms with van der Waals surface area (Å²) in [7, 11) is 0. The van der Waals surface area contributed by atoms with Crippen LogP contribution in [0.2, 0.25) is 0 Å². The predicted molar refractivity (Wildman–Crippen MR) is 63.2 cm³/mol. The van der Waals surface area contributed by atoms with E-state index in [0.29, 0.717) is 0 Å². The molecular formula is C12H20N2. The molecule has 78 valence electrons. The zero-order chi connectivity index (χ0) is 11.0. The van der Waals surface area contributed by atoms with Gasteiger partial charge in [0, 0.05) is 18.1 Å². The molecule has 0 unspecified atom stereocenters. The molecule has 0 bridgehead atoms. The third-order valence-corrected chi connectivity index (χ3v) is 1.79. The van der Waals surface area contributed by atoms with E-state index < -0.39 is 0 Å². The molecule has 0 saturated carbocycles. The lowest BCUT2D eigenvalue weighted by Crippen LogP contribution is -1.94. The van der Waals surface area contributed by atoms with Crippen LogP contribution in [-0.2, 0) is 6.42 Å². The Kier molecular flexibility index (Phi) is 6.46. The fraction of sp³-hybridized carbons (Fsp3) is 0.417. The molecule has 1 rings (SSSR count). The van der Waals surface area contributed by atoms with Crippen LogP contribution in [0.5, 0.6) is 0 Å². The highest BCUT2D eigenvalue weighted by molar-refractivity contribution is 5.31. The smallest absolute Gasteiger partial charge is 0.109 e. The molecule has 0 aliphatic carbocycles. The molecule has 14 heavy (non-hydrogen) atoms. The second-order valence-corrected chi connectivity index (χ2v) is 2.60. The summed E-state index contributed by atoms with van der Waals surface area (Å²) in [5.74, 6) is 1.02. The Morgan fingerprint density at radius 3 is 2.64 bits per heavy atom. The topological polar surface area (TPSA) is 17.8 Å². The van der Waals surface area contributed by atoms with E-state index in [2.05, 4.69) is 23.1 Å². The van der Waals surface area contributed by atoms with E-state index in [-0.39, 0.29) is 0 Å². The normalized spacial score (nSPS) is 9.71. The van der Waals surface area contributed by atoms with E-state index in [9.17, 15) is 0 Å². The molecule has 0 radical (unpaired) electrons. The van der Waals surface area contributed by atoms with Gasteiger partial charge in [0.2, 0.25) is 0 Å². The predicted octanol–water partition coefficient (Wildman–Crippen LogP) is 3.44. The van der Waals surface area contributed by atoms with Gasteiger partial charge in [0.25, 0.3) is 0 Å². The summed E-state index contributed by atoms with van der Waals surface area (Å²) >= 11 is 0. The van der Waals surface area contributed by atoms with Crippen LogP contribution < -0.4 is 0 Å². The largest absolute Gasteiger partial charge is 0.308 e. The van der Waals surface area contributed by atoms with E-state index in [4.69, 9.17) is 0 Å². The molecule has 1 aromatic heterocycles. The van der Waals surface area contributed by atoms with Gasteiger partial charge in [-0.05, 0) is 19.4 Å². The van der Waals surface area contributed by atoms with Crippen molar-refractivity contribution in [2.75, 3.05) is 0 Å². The number of aromatic nitrogens is 2. The van der Waals surface area contributed by atoms with Gasteiger partial charge in [-0.15, -0.1) is 0 Å². The molecule has 0 aromatic carbocycles. The molecule has 0 amide bonds. The molecule has 1 heterocycles.